The van der Waals surface area contributed by atoms with Gasteiger partial charge < -0.3 is 10.4 Å². The van der Waals surface area contributed by atoms with E-state index in [1.54, 1.807) is 6.07 Å². The number of hydrogen-bond acceptors (Lipinski definition) is 3. The molecule has 0 radical (unpaired) electrons. The summed E-state index contributed by atoms with van der Waals surface area (Å²) >= 11 is 0. The van der Waals surface area contributed by atoms with Gasteiger partial charge in [0.2, 0.25) is 0 Å². The molecule has 0 spiro atoms. The number of amides is 1. The molecule has 1 aliphatic carbocycles. The second kappa shape index (κ2) is 7.62. The van der Waals surface area contributed by atoms with Crippen LogP contribution in [0.5, 0.6) is 0 Å². The normalized spacial score (nSPS) is 26.3. The van der Waals surface area contributed by atoms with Gasteiger partial charge in [0.25, 0.3) is 5.91 Å². The first-order valence-electron chi connectivity index (χ1n) is 9.03. The molecule has 0 bridgehead atoms. The molecule has 0 aromatic heterocycles. The monoisotopic (exact) mass is 334 g/mol. The molecule has 1 aromatic carbocycles. The maximum absolute atomic E-state index is 13.4. The molecule has 1 saturated carbocycles. The predicted molar refractivity (Wildman–Crippen MR) is 91.5 cm³/mol. The van der Waals surface area contributed by atoms with E-state index in [1.807, 2.05) is 6.92 Å². The van der Waals surface area contributed by atoms with Crippen molar-refractivity contribution in [2.24, 2.45) is 0 Å². The predicted octanol–water partition coefficient (Wildman–Crippen LogP) is 2.63. The summed E-state index contributed by atoms with van der Waals surface area (Å²) in [6, 6.07) is 4.72. The Kier molecular flexibility index (Phi) is 5.51. The molecular formula is C19H27FN2O2. The fourth-order valence-corrected chi connectivity index (χ4v) is 4.00. The molecule has 4 nitrogen and oxygen atoms in total. The van der Waals surface area contributed by atoms with Crippen molar-refractivity contribution in [1.82, 2.24) is 10.2 Å². The van der Waals surface area contributed by atoms with Gasteiger partial charge in [0, 0.05) is 30.7 Å². The maximum atomic E-state index is 13.4. The number of halogens is 1. The minimum atomic E-state index is -0.383. The Morgan fingerprint density at radius 2 is 1.92 bits per heavy atom. The molecule has 132 valence electrons. The van der Waals surface area contributed by atoms with Gasteiger partial charge in [-0.15, -0.1) is 0 Å². The average molecular weight is 334 g/mol. The number of carbonyl (C=O) groups is 1. The number of piperidine rings is 1. The van der Waals surface area contributed by atoms with Crippen molar-refractivity contribution >= 4 is 5.91 Å². The molecule has 1 saturated heterocycles. The van der Waals surface area contributed by atoms with Gasteiger partial charge in [0.15, 0.2) is 0 Å². The van der Waals surface area contributed by atoms with Crippen molar-refractivity contribution in [2.45, 2.75) is 63.6 Å². The molecule has 24 heavy (non-hydrogen) atoms. The molecular weight excluding hydrogens is 307 g/mol. The van der Waals surface area contributed by atoms with Gasteiger partial charge in [0.1, 0.15) is 5.82 Å². The van der Waals surface area contributed by atoms with Crippen molar-refractivity contribution in [3.63, 3.8) is 0 Å². The van der Waals surface area contributed by atoms with Crippen LogP contribution in [0.2, 0.25) is 0 Å². The highest BCUT2D eigenvalue weighted by molar-refractivity contribution is 5.95. The van der Waals surface area contributed by atoms with Gasteiger partial charge >= 0.3 is 0 Å². The number of rotatable bonds is 3. The summed E-state index contributed by atoms with van der Waals surface area (Å²) in [6.45, 7) is 3.62. The van der Waals surface area contributed by atoms with Crippen LogP contribution in [0.25, 0.3) is 0 Å². The lowest BCUT2D eigenvalue weighted by Gasteiger charge is -2.41. The molecule has 1 amide bonds. The smallest absolute Gasteiger partial charge is 0.251 e. The van der Waals surface area contributed by atoms with Crippen molar-refractivity contribution in [1.29, 1.82) is 0 Å². The molecule has 2 fully saturated rings. The Balaban J connectivity index is 1.53. The summed E-state index contributed by atoms with van der Waals surface area (Å²) in [5.74, 6) is -0.574. The Morgan fingerprint density at radius 1 is 1.21 bits per heavy atom. The summed E-state index contributed by atoms with van der Waals surface area (Å²) in [7, 11) is 0. The Morgan fingerprint density at radius 3 is 2.62 bits per heavy atom. The standard InChI is InChI=1S/C19H27FN2O2/c1-13-6-7-14(20)12-16(13)19(24)21-15-8-10-22(11-9-15)17-4-2-3-5-18(17)23/h6-7,12,15,17-18,23H,2-5,8-11H2,1H3,(H,21,24). The first kappa shape index (κ1) is 17.4. The third kappa shape index (κ3) is 3.95. The summed E-state index contributed by atoms with van der Waals surface area (Å²) in [4.78, 5) is 14.8. The van der Waals surface area contributed by atoms with E-state index in [1.165, 1.54) is 18.6 Å². The van der Waals surface area contributed by atoms with Gasteiger partial charge in [0.05, 0.1) is 6.10 Å². The highest BCUT2D eigenvalue weighted by Crippen LogP contribution is 2.26. The fourth-order valence-electron chi connectivity index (χ4n) is 4.00. The lowest BCUT2D eigenvalue weighted by molar-refractivity contribution is 0.00727. The van der Waals surface area contributed by atoms with Gasteiger partial charge in [-0.3, -0.25) is 9.69 Å². The van der Waals surface area contributed by atoms with Crippen LogP contribution in [0.1, 0.15) is 54.4 Å². The van der Waals surface area contributed by atoms with Crippen LogP contribution in [-0.4, -0.2) is 47.2 Å². The molecule has 2 unspecified atom stereocenters. The topological polar surface area (TPSA) is 52.6 Å². The zero-order chi connectivity index (χ0) is 17.1. The summed E-state index contributed by atoms with van der Waals surface area (Å²) < 4.78 is 13.4. The third-order valence-corrected chi connectivity index (χ3v) is 5.47. The molecule has 2 N–H and O–H groups in total. The van der Waals surface area contributed by atoms with E-state index in [0.717, 1.165) is 50.8 Å². The van der Waals surface area contributed by atoms with Crippen LogP contribution in [-0.2, 0) is 0 Å². The number of aryl methyl sites for hydroxylation is 1. The minimum absolute atomic E-state index is 0.122. The zero-order valence-corrected chi connectivity index (χ0v) is 14.3. The van der Waals surface area contributed by atoms with Gasteiger partial charge in [-0.2, -0.15) is 0 Å². The van der Waals surface area contributed by atoms with E-state index in [9.17, 15) is 14.3 Å². The van der Waals surface area contributed by atoms with Crippen LogP contribution < -0.4 is 5.32 Å². The van der Waals surface area contributed by atoms with Crippen LogP contribution in [0.3, 0.4) is 0 Å². The second-order valence-corrected chi connectivity index (χ2v) is 7.16. The molecule has 3 rings (SSSR count). The number of hydrogen-bond donors (Lipinski definition) is 2. The number of likely N-dealkylation sites (tertiary alicyclic amines) is 1. The first-order valence-corrected chi connectivity index (χ1v) is 9.03. The first-order chi connectivity index (χ1) is 11.5. The van der Waals surface area contributed by atoms with Crippen molar-refractivity contribution < 1.29 is 14.3 Å². The SMILES string of the molecule is Cc1ccc(F)cc1C(=O)NC1CCN(C2CCCCC2O)CC1. The zero-order valence-electron chi connectivity index (χ0n) is 14.3. The van der Waals surface area contributed by atoms with Gasteiger partial charge in [-0.1, -0.05) is 18.9 Å². The van der Waals surface area contributed by atoms with Crippen molar-refractivity contribution in [3.05, 3.63) is 35.1 Å². The highest BCUT2D eigenvalue weighted by atomic mass is 19.1. The van der Waals surface area contributed by atoms with E-state index in [0.29, 0.717) is 5.56 Å². The van der Waals surface area contributed by atoms with Gasteiger partial charge in [-0.25, -0.2) is 4.39 Å². The number of carbonyl (C=O) groups excluding carboxylic acids is 1. The molecule has 1 heterocycles. The number of nitrogens with one attached hydrogen (secondary N) is 1. The van der Waals surface area contributed by atoms with Crippen LogP contribution in [0, 0.1) is 12.7 Å². The van der Waals surface area contributed by atoms with Crippen LogP contribution >= 0.6 is 0 Å². The molecule has 5 heteroatoms. The van der Waals surface area contributed by atoms with E-state index >= 15 is 0 Å². The molecule has 1 aromatic rings. The summed E-state index contributed by atoms with van der Waals surface area (Å²) in [5.41, 5.74) is 1.21. The second-order valence-electron chi connectivity index (χ2n) is 7.16. The third-order valence-electron chi connectivity index (χ3n) is 5.47. The van der Waals surface area contributed by atoms with Crippen molar-refractivity contribution in [3.8, 4) is 0 Å². The Bertz CT molecular complexity index is 585. The summed E-state index contributed by atoms with van der Waals surface area (Å²) in [6.07, 6.45) is 5.84. The van der Waals surface area contributed by atoms with E-state index < -0.39 is 0 Å². The van der Waals surface area contributed by atoms with Gasteiger partial charge in [-0.05, 0) is 50.3 Å². The quantitative estimate of drug-likeness (QED) is 0.893. The number of aliphatic hydroxyl groups is 1. The average Bonchev–Trinajstić information content (AvgIpc) is 2.58. The molecule has 1 aliphatic heterocycles. The molecule has 2 aliphatic rings. The maximum Gasteiger partial charge on any atom is 0.251 e. The van der Waals surface area contributed by atoms with E-state index in [4.69, 9.17) is 0 Å². The van der Waals surface area contributed by atoms with Crippen LogP contribution in [0.4, 0.5) is 4.39 Å². The largest absolute Gasteiger partial charge is 0.391 e. The number of nitrogens with zero attached hydrogens (tertiary/aromatic N) is 1. The molecule has 2 atom stereocenters. The number of aliphatic hydroxyl groups excluding tert-OH is 1. The Hall–Kier alpha value is -1.46. The Labute approximate surface area is 143 Å². The number of benzene rings is 1. The van der Waals surface area contributed by atoms with E-state index in [2.05, 4.69) is 10.2 Å². The van der Waals surface area contributed by atoms with Crippen molar-refractivity contribution in [2.75, 3.05) is 13.1 Å². The highest BCUT2D eigenvalue weighted by Gasteiger charge is 2.31. The summed E-state index contributed by atoms with van der Waals surface area (Å²) in [5, 5.41) is 13.2. The van der Waals surface area contributed by atoms with Crippen LogP contribution in [0.15, 0.2) is 18.2 Å². The lowest BCUT2D eigenvalue weighted by Crippen LogP contribution is -2.52. The minimum Gasteiger partial charge on any atom is -0.391 e. The fraction of sp³-hybridized carbons (Fsp3) is 0.632. The lowest BCUT2D eigenvalue weighted by atomic mass is 9.89. The van der Waals surface area contributed by atoms with E-state index in [-0.39, 0.29) is 29.9 Å².